The minimum Gasteiger partial charge on any atom is -0.377 e. The van der Waals surface area contributed by atoms with Gasteiger partial charge in [-0.15, -0.1) is 0 Å². The fourth-order valence-corrected chi connectivity index (χ4v) is 2.39. The highest BCUT2D eigenvalue weighted by atomic mass is 35.5. The van der Waals surface area contributed by atoms with E-state index in [1.807, 2.05) is 12.1 Å². The van der Waals surface area contributed by atoms with Crippen LogP contribution in [-0.2, 0) is 11.3 Å². The van der Waals surface area contributed by atoms with Gasteiger partial charge in [0.2, 0.25) is 0 Å². The quantitative estimate of drug-likeness (QED) is 0.904. The Morgan fingerprint density at radius 2 is 2.18 bits per heavy atom. The van der Waals surface area contributed by atoms with Gasteiger partial charge in [-0.25, -0.2) is 0 Å². The maximum absolute atomic E-state index is 6.09. The lowest BCUT2D eigenvalue weighted by molar-refractivity contribution is 0.0168. The molecule has 0 saturated carbocycles. The van der Waals surface area contributed by atoms with E-state index in [1.54, 1.807) is 6.07 Å². The Morgan fingerprint density at radius 1 is 1.29 bits per heavy atom. The van der Waals surface area contributed by atoms with Crippen molar-refractivity contribution in [3.8, 4) is 0 Å². The zero-order chi connectivity index (χ0) is 12.1. The molecule has 1 unspecified atom stereocenters. The van der Waals surface area contributed by atoms with Crippen molar-refractivity contribution in [2.45, 2.75) is 31.9 Å². The van der Waals surface area contributed by atoms with E-state index in [4.69, 9.17) is 27.9 Å². The van der Waals surface area contributed by atoms with Gasteiger partial charge in [0.15, 0.2) is 0 Å². The minimum absolute atomic E-state index is 0.349. The molecule has 2 rings (SSSR count). The van der Waals surface area contributed by atoms with Crippen molar-refractivity contribution in [1.82, 2.24) is 5.32 Å². The molecule has 1 N–H and O–H groups in total. The van der Waals surface area contributed by atoms with Crippen LogP contribution in [0.5, 0.6) is 0 Å². The molecule has 1 aliphatic heterocycles. The Balaban J connectivity index is 1.79. The van der Waals surface area contributed by atoms with Crippen LogP contribution in [0.4, 0.5) is 0 Å². The van der Waals surface area contributed by atoms with Gasteiger partial charge in [-0.3, -0.25) is 0 Å². The van der Waals surface area contributed by atoms with Crippen molar-refractivity contribution in [2.75, 3.05) is 13.2 Å². The number of hydrogen-bond donors (Lipinski definition) is 1. The van der Waals surface area contributed by atoms with E-state index < -0.39 is 0 Å². The molecule has 0 aromatic heterocycles. The highest BCUT2D eigenvalue weighted by molar-refractivity contribution is 6.33. The predicted molar refractivity (Wildman–Crippen MR) is 71.8 cm³/mol. The number of ether oxygens (including phenoxy) is 1. The van der Waals surface area contributed by atoms with Crippen molar-refractivity contribution >= 4 is 23.2 Å². The van der Waals surface area contributed by atoms with Gasteiger partial charge in [0.1, 0.15) is 0 Å². The molecule has 0 bridgehead atoms. The molecule has 94 valence electrons. The van der Waals surface area contributed by atoms with Gasteiger partial charge in [0, 0.05) is 29.7 Å². The lowest BCUT2D eigenvalue weighted by atomic mass is 10.1. The van der Waals surface area contributed by atoms with Crippen LogP contribution >= 0.6 is 23.2 Å². The zero-order valence-corrected chi connectivity index (χ0v) is 11.2. The summed E-state index contributed by atoms with van der Waals surface area (Å²) in [5.41, 5.74) is 1.04. The Morgan fingerprint density at radius 3 is 2.94 bits per heavy atom. The summed E-state index contributed by atoms with van der Waals surface area (Å²) in [6, 6.07) is 5.54. The van der Waals surface area contributed by atoms with Gasteiger partial charge < -0.3 is 10.1 Å². The molecule has 0 aliphatic carbocycles. The first-order valence-corrected chi connectivity index (χ1v) is 6.77. The van der Waals surface area contributed by atoms with Gasteiger partial charge in [-0.1, -0.05) is 23.2 Å². The summed E-state index contributed by atoms with van der Waals surface area (Å²) < 4.78 is 5.65. The van der Waals surface area contributed by atoms with Crippen molar-refractivity contribution in [3.05, 3.63) is 33.8 Å². The van der Waals surface area contributed by atoms with Crippen LogP contribution in [0, 0.1) is 0 Å². The fourth-order valence-electron chi connectivity index (χ4n) is 2.01. The molecule has 4 heteroatoms. The van der Waals surface area contributed by atoms with Crippen molar-refractivity contribution in [1.29, 1.82) is 0 Å². The number of benzene rings is 1. The van der Waals surface area contributed by atoms with E-state index >= 15 is 0 Å². The molecule has 0 amide bonds. The van der Waals surface area contributed by atoms with Gasteiger partial charge in [-0.2, -0.15) is 0 Å². The Hall–Kier alpha value is -0.280. The second-order valence-corrected chi connectivity index (χ2v) is 5.20. The molecule has 0 radical (unpaired) electrons. The third kappa shape index (κ3) is 4.14. The SMILES string of the molecule is Clc1ccc(Cl)c(CNCC2CCCCO2)c1. The summed E-state index contributed by atoms with van der Waals surface area (Å²) in [5, 5.41) is 4.85. The minimum atomic E-state index is 0.349. The Labute approximate surface area is 112 Å². The first-order valence-electron chi connectivity index (χ1n) is 6.02. The standard InChI is InChI=1S/C13H17Cl2NO/c14-11-4-5-13(15)10(7-11)8-16-9-12-3-1-2-6-17-12/h4-5,7,12,16H,1-3,6,8-9H2. The summed E-state index contributed by atoms with van der Waals surface area (Å²) >= 11 is 12.0. The van der Waals surface area contributed by atoms with Crippen LogP contribution in [0.2, 0.25) is 10.0 Å². The second kappa shape index (κ2) is 6.60. The second-order valence-electron chi connectivity index (χ2n) is 4.36. The van der Waals surface area contributed by atoms with Crippen molar-refractivity contribution in [3.63, 3.8) is 0 Å². The molecule has 1 aliphatic rings. The van der Waals surface area contributed by atoms with Crippen molar-refractivity contribution < 1.29 is 4.74 Å². The third-order valence-electron chi connectivity index (χ3n) is 2.97. The third-order valence-corrected chi connectivity index (χ3v) is 3.57. The number of rotatable bonds is 4. The monoisotopic (exact) mass is 273 g/mol. The number of hydrogen-bond acceptors (Lipinski definition) is 2. The van der Waals surface area contributed by atoms with E-state index in [1.165, 1.54) is 12.8 Å². The normalized spacial score (nSPS) is 20.5. The molecule has 0 spiro atoms. The first kappa shape index (κ1) is 13.2. The molecule has 2 nitrogen and oxygen atoms in total. The van der Waals surface area contributed by atoms with Gasteiger partial charge in [0.25, 0.3) is 0 Å². The Bertz CT molecular complexity index is 364. The molecule has 1 aromatic carbocycles. The molecular weight excluding hydrogens is 257 g/mol. The maximum Gasteiger partial charge on any atom is 0.0699 e. The molecule has 17 heavy (non-hydrogen) atoms. The van der Waals surface area contributed by atoms with Crippen LogP contribution in [0.25, 0.3) is 0 Å². The average Bonchev–Trinajstić information content (AvgIpc) is 2.35. The zero-order valence-electron chi connectivity index (χ0n) is 9.72. The van der Waals surface area contributed by atoms with Crippen molar-refractivity contribution in [2.24, 2.45) is 0 Å². The van der Waals surface area contributed by atoms with Gasteiger partial charge >= 0.3 is 0 Å². The lowest BCUT2D eigenvalue weighted by Crippen LogP contribution is -2.31. The van der Waals surface area contributed by atoms with E-state index in [0.717, 1.165) is 41.7 Å². The number of halogens is 2. The summed E-state index contributed by atoms with van der Waals surface area (Å²) in [5.74, 6) is 0. The summed E-state index contributed by atoms with van der Waals surface area (Å²) in [6.45, 7) is 2.51. The molecule has 1 aromatic rings. The average molecular weight is 274 g/mol. The van der Waals surface area contributed by atoms with E-state index in [0.29, 0.717) is 6.10 Å². The maximum atomic E-state index is 6.09. The van der Waals surface area contributed by atoms with E-state index in [9.17, 15) is 0 Å². The van der Waals surface area contributed by atoms with Gasteiger partial charge in [0.05, 0.1) is 6.10 Å². The largest absolute Gasteiger partial charge is 0.377 e. The molecular formula is C13H17Cl2NO. The Kier molecular flexibility index (Phi) is 5.11. The molecule has 1 heterocycles. The van der Waals surface area contributed by atoms with Gasteiger partial charge in [-0.05, 0) is 43.0 Å². The first-order chi connectivity index (χ1) is 8.25. The van der Waals surface area contributed by atoms with Crippen LogP contribution in [-0.4, -0.2) is 19.3 Å². The highest BCUT2D eigenvalue weighted by Gasteiger charge is 2.13. The molecule has 1 fully saturated rings. The van der Waals surface area contributed by atoms with E-state index in [-0.39, 0.29) is 0 Å². The number of nitrogens with one attached hydrogen (secondary N) is 1. The summed E-state index contributed by atoms with van der Waals surface area (Å²) in [4.78, 5) is 0. The fraction of sp³-hybridized carbons (Fsp3) is 0.538. The highest BCUT2D eigenvalue weighted by Crippen LogP contribution is 2.20. The summed E-state index contributed by atoms with van der Waals surface area (Å²) in [6.07, 6.45) is 3.96. The van der Waals surface area contributed by atoms with Crippen LogP contribution < -0.4 is 5.32 Å². The lowest BCUT2D eigenvalue weighted by Gasteiger charge is -2.22. The molecule has 1 saturated heterocycles. The van der Waals surface area contributed by atoms with E-state index in [2.05, 4.69) is 5.32 Å². The van der Waals surface area contributed by atoms with Crippen LogP contribution in [0.3, 0.4) is 0 Å². The van der Waals surface area contributed by atoms with Crippen LogP contribution in [0.1, 0.15) is 24.8 Å². The molecule has 1 atom stereocenters. The smallest absolute Gasteiger partial charge is 0.0699 e. The van der Waals surface area contributed by atoms with Crippen LogP contribution in [0.15, 0.2) is 18.2 Å². The topological polar surface area (TPSA) is 21.3 Å². The predicted octanol–water partition coefficient (Wildman–Crippen LogP) is 3.65. The summed E-state index contributed by atoms with van der Waals surface area (Å²) in [7, 11) is 0.